The lowest BCUT2D eigenvalue weighted by Crippen LogP contribution is -2.32. The predicted molar refractivity (Wildman–Crippen MR) is 87.7 cm³/mol. The number of likely N-dealkylation sites (tertiary alicyclic amines) is 1. The minimum atomic E-state index is 0.446. The number of nitrogens with zero attached hydrogens (tertiary/aromatic N) is 2. The highest BCUT2D eigenvalue weighted by Crippen LogP contribution is 2.32. The molecule has 1 aromatic heterocycles. The number of rotatable bonds is 3. The van der Waals surface area contributed by atoms with Gasteiger partial charge in [-0.2, -0.15) is 0 Å². The molecule has 4 heteroatoms. The van der Waals surface area contributed by atoms with Crippen molar-refractivity contribution in [3.8, 4) is 0 Å². The van der Waals surface area contributed by atoms with E-state index in [-0.39, 0.29) is 0 Å². The molecule has 2 heterocycles. The van der Waals surface area contributed by atoms with Crippen molar-refractivity contribution < 1.29 is 0 Å². The van der Waals surface area contributed by atoms with Crippen molar-refractivity contribution in [1.29, 1.82) is 0 Å². The van der Waals surface area contributed by atoms with E-state index in [2.05, 4.69) is 22.0 Å². The van der Waals surface area contributed by atoms with Gasteiger partial charge in [0, 0.05) is 25.0 Å². The molecule has 1 fully saturated rings. The zero-order chi connectivity index (χ0) is 14.7. The number of halogens is 2. The second kappa shape index (κ2) is 6.78. The first-order valence-corrected chi connectivity index (χ1v) is 8.07. The van der Waals surface area contributed by atoms with Crippen molar-refractivity contribution in [2.75, 3.05) is 6.54 Å². The molecule has 21 heavy (non-hydrogen) atoms. The van der Waals surface area contributed by atoms with Gasteiger partial charge in [0.1, 0.15) is 0 Å². The van der Waals surface area contributed by atoms with E-state index in [4.69, 9.17) is 23.2 Å². The number of aromatic nitrogens is 1. The third-order valence-corrected chi connectivity index (χ3v) is 4.79. The molecule has 0 saturated carbocycles. The summed E-state index contributed by atoms with van der Waals surface area (Å²) in [6.07, 6.45) is 7.52. The van der Waals surface area contributed by atoms with Gasteiger partial charge >= 0.3 is 0 Å². The predicted octanol–water partition coefficient (Wildman–Crippen LogP) is 5.12. The molecule has 0 bridgehead atoms. The zero-order valence-corrected chi connectivity index (χ0v) is 13.3. The summed E-state index contributed by atoms with van der Waals surface area (Å²) in [4.78, 5) is 6.78. The van der Waals surface area contributed by atoms with Gasteiger partial charge in [-0.05, 0) is 48.7 Å². The summed E-state index contributed by atoms with van der Waals surface area (Å²) in [5.74, 6) is 0. The van der Waals surface area contributed by atoms with Gasteiger partial charge in [0.15, 0.2) is 0 Å². The van der Waals surface area contributed by atoms with E-state index in [0.717, 1.165) is 13.1 Å². The fraction of sp³-hybridized carbons (Fsp3) is 0.353. The van der Waals surface area contributed by atoms with Crippen molar-refractivity contribution in [3.63, 3.8) is 0 Å². The molecule has 2 aromatic rings. The van der Waals surface area contributed by atoms with E-state index >= 15 is 0 Å². The maximum atomic E-state index is 6.12. The van der Waals surface area contributed by atoms with Crippen LogP contribution >= 0.6 is 23.2 Å². The highest BCUT2D eigenvalue weighted by atomic mass is 35.5. The van der Waals surface area contributed by atoms with Crippen LogP contribution in [0.3, 0.4) is 0 Å². The Morgan fingerprint density at radius 3 is 2.81 bits per heavy atom. The van der Waals surface area contributed by atoms with Gasteiger partial charge in [-0.1, -0.05) is 41.8 Å². The van der Waals surface area contributed by atoms with E-state index < -0.39 is 0 Å². The van der Waals surface area contributed by atoms with Crippen molar-refractivity contribution in [2.24, 2.45) is 0 Å². The molecule has 1 aliphatic rings. The first-order chi connectivity index (χ1) is 10.2. The summed E-state index contributed by atoms with van der Waals surface area (Å²) in [5.41, 5.74) is 2.51. The maximum Gasteiger partial charge on any atom is 0.0595 e. The lowest BCUT2D eigenvalue weighted by Gasteiger charge is -2.36. The van der Waals surface area contributed by atoms with Crippen LogP contribution in [0.1, 0.15) is 36.4 Å². The lowest BCUT2D eigenvalue weighted by atomic mass is 9.96. The van der Waals surface area contributed by atoms with Crippen LogP contribution in [0.5, 0.6) is 0 Å². The molecule has 110 valence electrons. The molecule has 1 atom stereocenters. The van der Waals surface area contributed by atoms with Crippen molar-refractivity contribution in [3.05, 3.63) is 63.9 Å². The molecule has 1 aromatic carbocycles. The summed E-state index contributed by atoms with van der Waals surface area (Å²) in [7, 11) is 0. The summed E-state index contributed by atoms with van der Waals surface area (Å²) < 4.78 is 0. The van der Waals surface area contributed by atoms with Crippen LogP contribution in [-0.2, 0) is 6.54 Å². The topological polar surface area (TPSA) is 16.1 Å². The summed E-state index contributed by atoms with van der Waals surface area (Å²) >= 11 is 12.1. The smallest absolute Gasteiger partial charge is 0.0595 e. The lowest BCUT2D eigenvalue weighted by molar-refractivity contribution is 0.140. The second-order valence-corrected chi connectivity index (χ2v) is 6.33. The van der Waals surface area contributed by atoms with Crippen LogP contribution < -0.4 is 0 Å². The Bertz CT molecular complexity index is 601. The molecule has 0 spiro atoms. The van der Waals surface area contributed by atoms with Crippen molar-refractivity contribution in [1.82, 2.24) is 9.88 Å². The standard InChI is InChI=1S/C17H18Cl2N2/c18-15-7-6-13(10-16(15)19)12-21-9-2-1-5-17(21)14-4-3-8-20-11-14/h3-4,6-8,10-11,17H,1-2,5,9,12H2/t17-/m1/s1. The Hall–Kier alpha value is -1.09. The molecule has 0 unspecified atom stereocenters. The minimum absolute atomic E-state index is 0.446. The van der Waals surface area contributed by atoms with Gasteiger partial charge in [-0.15, -0.1) is 0 Å². The minimum Gasteiger partial charge on any atom is -0.292 e. The SMILES string of the molecule is Clc1ccc(CN2CCCC[C@@H]2c2cccnc2)cc1Cl. The monoisotopic (exact) mass is 320 g/mol. The Kier molecular flexibility index (Phi) is 4.79. The Morgan fingerprint density at radius 2 is 2.05 bits per heavy atom. The molecule has 0 N–H and O–H groups in total. The van der Waals surface area contributed by atoms with Crippen LogP contribution in [0.25, 0.3) is 0 Å². The first kappa shape index (κ1) is 14.8. The number of hydrogen-bond acceptors (Lipinski definition) is 2. The highest BCUT2D eigenvalue weighted by molar-refractivity contribution is 6.42. The van der Waals surface area contributed by atoms with Crippen LogP contribution in [0.4, 0.5) is 0 Å². The van der Waals surface area contributed by atoms with Gasteiger partial charge in [0.05, 0.1) is 10.0 Å². The fourth-order valence-corrected chi connectivity index (χ4v) is 3.32. The maximum absolute atomic E-state index is 6.12. The Labute approximate surface area is 135 Å². The molecule has 1 aliphatic heterocycles. The third kappa shape index (κ3) is 3.57. The van der Waals surface area contributed by atoms with Gasteiger partial charge < -0.3 is 0 Å². The van der Waals surface area contributed by atoms with Gasteiger partial charge in [0.25, 0.3) is 0 Å². The quantitative estimate of drug-likeness (QED) is 0.780. The average Bonchev–Trinajstić information content (AvgIpc) is 2.52. The van der Waals surface area contributed by atoms with E-state index in [0.29, 0.717) is 16.1 Å². The molecular weight excluding hydrogens is 303 g/mol. The summed E-state index contributed by atoms with van der Waals surface area (Å²) in [5, 5.41) is 1.24. The molecule has 0 amide bonds. The fourth-order valence-electron chi connectivity index (χ4n) is 3.00. The Morgan fingerprint density at radius 1 is 1.14 bits per heavy atom. The molecular formula is C17H18Cl2N2. The van der Waals surface area contributed by atoms with Crippen LogP contribution in [0.2, 0.25) is 10.0 Å². The number of benzene rings is 1. The molecule has 0 aliphatic carbocycles. The molecule has 3 rings (SSSR count). The normalized spacial score (nSPS) is 19.6. The van der Waals surface area contributed by atoms with Crippen LogP contribution in [0, 0.1) is 0 Å². The van der Waals surface area contributed by atoms with Gasteiger partial charge in [0.2, 0.25) is 0 Å². The number of pyridine rings is 1. The van der Waals surface area contributed by atoms with Gasteiger partial charge in [-0.25, -0.2) is 0 Å². The van der Waals surface area contributed by atoms with E-state index in [1.54, 1.807) is 0 Å². The zero-order valence-electron chi connectivity index (χ0n) is 11.8. The second-order valence-electron chi connectivity index (χ2n) is 5.52. The van der Waals surface area contributed by atoms with Gasteiger partial charge in [-0.3, -0.25) is 9.88 Å². The average molecular weight is 321 g/mol. The highest BCUT2D eigenvalue weighted by Gasteiger charge is 2.24. The third-order valence-electron chi connectivity index (χ3n) is 4.05. The van der Waals surface area contributed by atoms with Crippen molar-refractivity contribution >= 4 is 23.2 Å². The summed E-state index contributed by atoms with van der Waals surface area (Å²) in [6, 6.07) is 10.5. The Balaban J connectivity index is 1.79. The number of hydrogen-bond donors (Lipinski definition) is 0. The number of piperidine rings is 1. The van der Waals surface area contributed by atoms with E-state index in [1.165, 1.54) is 30.4 Å². The largest absolute Gasteiger partial charge is 0.292 e. The van der Waals surface area contributed by atoms with Crippen molar-refractivity contribution in [2.45, 2.75) is 31.8 Å². The summed E-state index contributed by atoms with van der Waals surface area (Å²) in [6.45, 7) is 2.01. The first-order valence-electron chi connectivity index (χ1n) is 7.32. The van der Waals surface area contributed by atoms with Crippen LogP contribution in [0.15, 0.2) is 42.7 Å². The van der Waals surface area contributed by atoms with E-state index in [1.807, 2.05) is 30.6 Å². The molecule has 2 nitrogen and oxygen atoms in total. The van der Waals surface area contributed by atoms with E-state index in [9.17, 15) is 0 Å². The van der Waals surface area contributed by atoms with Crippen LogP contribution in [-0.4, -0.2) is 16.4 Å². The molecule has 1 saturated heterocycles. The molecule has 0 radical (unpaired) electrons.